The fourth-order valence-corrected chi connectivity index (χ4v) is 5.70. The van der Waals surface area contributed by atoms with E-state index in [2.05, 4.69) is 46.2 Å². The van der Waals surface area contributed by atoms with Gasteiger partial charge in [0.05, 0.1) is 19.9 Å². The second-order valence-corrected chi connectivity index (χ2v) is 9.43. The van der Waals surface area contributed by atoms with Crippen LogP contribution in [0.15, 0.2) is 36.4 Å². The van der Waals surface area contributed by atoms with E-state index < -0.39 is 0 Å². The minimum absolute atomic E-state index is 0.285. The van der Waals surface area contributed by atoms with E-state index in [1.54, 1.807) is 14.2 Å². The highest BCUT2D eigenvalue weighted by Crippen LogP contribution is 2.49. The van der Waals surface area contributed by atoms with Crippen LogP contribution in [0.1, 0.15) is 31.2 Å². The van der Waals surface area contributed by atoms with E-state index in [1.165, 1.54) is 65.5 Å². The number of benzene rings is 3. The van der Waals surface area contributed by atoms with Crippen molar-refractivity contribution in [3.05, 3.63) is 42.0 Å². The van der Waals surface area contributed by atoms with Gasteiger partial charge in [-0.1, -0.05) is 18.6 Å². The van der Waals surface area contributed by atoms with Crippen LogP contribution in [0, 0.1) is 0 Å². The highest BCUT2D eigenvalue weighted by atomic mass is 16.7. The average molecular weight is 461 g/mol. The van der Waals surface area contributed by atoms with Gasteiger partial charge in [0.2, 0.25) is 6.79 Å². The predicted octanol–water partition coefficient (Wildman–Crippen LogP) is 5.45. The molecule has 0 amide bonds. The predicted molar refractivity (Wildman–Crippen MR) is 135 cm³/mol. The highest BCUT2D eigenvalue weighted by molar-refractivity contribution is 6.05. The number of nitrogens with zero attached hydrogens (tertiary/aromatic N) is 2. The van der Waals surface area contributed by atoms with Crippen molar-refractivity contribution in [2.75, 3.05) is 52.1 Å². The number of ether oxygens (including phenoxy) is 4. The van der Waals surface area contributed by atoms with Gasteiger partial charge in [-0.25, -0.2) is 0 Å². The Morgan fingerprint density at radius 2 is 1.59 bits per heavy atom. The van der Waals surface area contributed by atoms with E-state index in [-0.39, 0.29) is 6.79 Å². The molecule has 0 saturated carbocycles. The highest BCUT2D eigenvalue weighted by Gasteiger charge is 2.27. The molecule has 3 aromatic carbocycles. The largest absolute Gasteiger partial charge is 0.493 e. The molecule has 0 radical (unpaired) electrons. The smallest absolute Gasteiger partial charge is 0.231 e. The number of methoxy groups -OCH3 is 2. The molecule has 178 valence electrons. The molecule has 34 heavy (non-hydrogen) atoms. The SMILES string of the molecule is COc1cc2c(cc1OC)-c1ccc3cc4c(cc3c1N(CCCN1CCCCC1)C2)OCO4. The molecule has 1 saturated heterocycles. The number of rotatable bonds is 6. The lowest BCUT2D eigenvalue weighted by atomic mass is 9.89. The van der Waals surface area contributed by atoms with Crippen LogP contribution >= 0.6 is 0 Å². The van der Waals surface area contributed by atoms with E-state index in [1.807, 2.05) is 0 Å². The Bertz CT molecular complexity index is 1220. The second-order valence-electron chi connectivity index (χ2n) is 9.43. The summed E-state index contributed by atoms with van der Waals surface area (Å²) in [6, 6.07) is 12.9. The quantitative estimate of drug-likeness (QED) is 0.487. The summed E-state index contributed by atoms with van der Waals surface area (Å²) in [6.45, 7) is 5.77. The Morgan fingerprint density at radius 3 is 2.38 bits per heavy atom. The van der Waals surface area contributed by atoms with Gasteiger partial charge in [0.15, 0.2) is 23.0 Å². The minimum atomic E-state index is 0.285. The maximum absolute atomic E-state index is 5.75. The van der Waals surface area contributed by atoms with Crippen molar-refractivity contribution in [3.63, 3.8) is 0 Å². The Balaban J connectivity index is 1.42. The van der Waals surface area contributed by atoms with Crippen LogP contribution in [-0.2, 0) is 6.54 Å². The lowest BCUT2D eigenvalue weighted by Crippen LogP contribution is -2.34. The third kappa shape index (κ3) is 3.70. The zero-order valence-corrected chi connectivity index (χ0v) is 20.1. The summed E-state index contributed by atoms with van der Waals surface area (Å²) in [5.74, 6) is 3.19. The fraction of sp³-hybridized carbons (Fsp3) is 0.429. The molecule has 3 aliphatic heterocycles. The Kier molecular flexibility index (Phi) is 5.61. The van der Waals surface area contributed by atoms with Crippen LogP contribution in [-0.4, -0.2) is 52.1 Å². The number of hydrogen-bond acceptors (Lipinski definition) is 6. The van der Waals surface area contributed by atoms with Gasteiger partial charge in [-0.3, -0.25) is 0 Å². The van der Waals surface area contributed by atoms with Crippen molar-refractivity contribution in [1.29, 1.82) is 0 Å². The van der Waals surface area contributed by atoms with Gasteiger partial charge in [0.1, 0.15) is 0 Å². The zero-order valence-electron chi connectivity index (χ0n) is 20.1. The molecule has 3 aromatic rings. The van der Waals surface area contributed by atoms with Crippen LogP contribution in [0.2, 0.25) is 0 Å². The molecular weight excluding hydrogens is 428 g/mol. The summed E-state index contributed by atoms with van der Waals surface area (Å²) in [5.41, 5.74) is 4.98. The molecule has 3 aliphatic rings. The van der Waals surface area contributed by atoms with Crippen molar-refractivity contribution in [2.24, 2.45) is 0 Å². The normalized spacial score (nSPS) is 16.9. The van der Waals surface area contributed by atoms with Crippen molar-refractivity contribution in [2.45, 2.75) is 32.2 Å². The van der Waals surface area contributed by atoms with Crippen molar-refractivity contribution in [3.8, 4) is 34.1 Å². The molecule has 6 heteroatoms. The van der Waals surface area contributed by atoms with E-state index in [4.69, 9.17) is 18.9 Å². The van der Waals surface area contributed by atoms with Gasteiger partial charge < -0.3 is 28.7 Å². The average Bonchev–Trinajstić information content (AvgIpc) is 3.34. The maximum Gasteiger partial charge on any atom is 0.231 e. The minimum Gasteiger partial charge on any atom is -0.493 e. The monoisotopic (exact) mass is 460 g/mol. The van der Waals surface area contributed by atoms with Gasteiger partial charge in [-0.05, 0) is 79.7 Å². The Hall–Kier alpha value is -3.12. The summed E-state index contributed by atoms with van der Waals surface area (Å²) >= 11 is 0. The van der Waals surface area contributed by atoms with Crippen molar-refractivity contribution < 1.29 is 18.9 Å². The molecule has 3 heterocycles. The molecule has 0 aliphatic carbocycles. The summed E-state index contributed by atoms with van der Waals surface area (Å²) in [6.07, 6.45) is 5.18. The fourth-order valence-electron chi connectivity index (χ4n) is 5.70. The standard InChI is InChI=1S/C28H32N2O4/c1-31-24-14-20-17-30(12-6-11-29-9-4-3-5-10-29)28-21(22(20)15-25(24)32-2)8-7-19-13-26-27(16-23(19)28)34-18-33-26/h7-8,13-16H,3-6,9-12,17-18H2,1-2H3. The molecule has 6 rings (SSSR count). The van der Waals surface area contributed by atoms with Crippen LogP contribution in [0.25, 0.3) is 21.9 Å². The number of hydrogen-bond donors (Lipinski definition) is 0. The van der Waals surface area contributed by atoms with Gasteiger partial charge >= 0.3 is 0 Å². The summed E-state index contributed by atoms with van der Waals surface area (Å²) < 4.78 is 22.7. The first-order valence-electron chi connectivity index (χ1n) is 12.3. The van der Waals surface area contributed by atoms with E-state index in [0.29, 0.717) is 0 Å². The molecular formula is C28H32N2O4. The Labute approximate surface area is 201 Å². The molecule has 1 fully saturated rings. The second kappa shape index (κ2) is 8.91. The van der Waals surface area contributed by atoms with Crippen LogP contribution in [0.4, 0.5) is 5.69 Å². The van der Waals surface area contributed by atoms with E-state index in [9.17, 15) is 0 Å². The molecule has 0 unspecified atom stereocenters. The summed E-state index contributed by atoms with van der Waals surface area (Å²) in [4.78, 5) is 5.16. The molecule has 0 bridgehead atoms. The van der Waals surface area contributed by atoms with Crippen LogP contribution < -0.4 is 23.8 Å². The zero-order chi connectivity index (χ0) is 23.1. The van der Waals surface area contributed by atoms with Gasteiger partial charge in [-0.15, -0.1) is 0 Å². The van der Waals surface area contributed by atoms with Crippen molar-refractivity contribution in [1.82, 2.24) is 4.90 Å². The molecule has 0 aromatic heterocycles. The van der Waals surface area contributed by atoms with Crippen molar-refractivity contribution >= 4 is 16.5 Å². The van der Waals surface area contributed by atoms with Gasteiger partial charge in [-0.2, -0.15) is 0 Å². The maximum atomic E-state index is 5.75. The first-order chi connectivity index (χ1) is 16.7. The third-order valence-corrected chi connectivity index (χ3v) is 7.41. The van der Waals surface area contributed by atoms with E-state index in [0.717, 1.165) is 49.1 Å². The first kappa shape index (κ1) is 21.4. The van der Waals surface area contributed by atoms with E-state index >= 15 is 0 Å². The van der Waals surface area contributed by atoms with Gasteiger partial charge in [0, 0.05) is 24.0 Å². The lowest BCUT2D eigenvalue weighted by Gasteiger charge is -2.35. The molecule has 0 atom stereocenters. The number of likely N-dealkylation sites (tertiary alicyclic amines) is 1. The number of anilines is 1. The summed E-state index contributed by atoms with van der Waals surface area (Å²) in [7, 11) is 3.40. The molecule has 0 spiro atoms. The van der Waals surface area contributed by atoms with Crippen LogP contribution in [0.3, 0.4) is 0 Å². The number of fused-ring (bicyclic) bond motifs is 6. The molecule has 6 nitrogen and oxygen atoms in total. The topological polar surface area (TPSA) is 43.4 Å². The lowest BCUT2D eigenvalue weighted by molar-refractivity contribution is 0.174. The first-order valence-corrected chi connectivity index (χ1v) is 12.3. The van der Waals surface area contributed by atoms with Crippen LogP contribution in [0.5, 0.6) is 23.0 Å². The Morgan fingerprint density at radius 1 is 0.824 bits per heavy atom. The molecule has 0 N–H and O–H groups in total. The number of piperidine rings is 1. The summed E-state index contributed by atoms with van der Waals surface area (Å²) in [5, 5.41) is 2.38. The van der Waals surface area contributed by atoms with Gasteiger partial charge in [0.25, 0.3) is 0 Å². The third-order valence-electron chi connectivity index (χ3n) is 7.41.